The molecule has 0 amide bonds. The van der Waals surface area contributed by atoms with Crippen molar-refractivity contribution in [3.63, 3.8) is 0 Å². The number of ether oxygens (including phenoxy) is 1. The third-order valence-corrected chi connectivity index (χ3v) is 5.13. The van der Waals surface area contributed by atoms with Gasteiger partial charge in [0.15, 0.2) is 11.0 Å². The fourth-order valence-electron chi connectivity index (χ4n) is 2.81. The van der Waals surface area contributed by atoms with Crippen molar-refractivity contribution in [1.82, 2.24) is 24.9 Å². The van der Waals surface area contributed by atoms with E-state index in [4.69, 9.17) is 9.26 Å². The smallest absolute Gasteiger partial charge is 0.237 e. The molecule has 0 radical (unpaired) electrons. The van der Waals surface area contributed by atoms with E-state index in [1.165, 1.54) is 11.8 Å². The third-order valence-electron chi connectivity index (χ3n) is 4.18. The second-order valence-corrected chi connectivity index (χ2v) is 7.05. The summed E-state index contributed by atoms with van der Waals surface area (Å²) >= 11 is 1.49. The molecule has 7 nitrogen and oxygen atoms in total. The second-order valence-electron chi connectivity index (χ2n) is 6.10. The first-order chi connectivity index (χ1) is 14.3. The molecule has 8 heteroatoms. The van der Waals surface area contributed by atoms with Crippen LogP contribution in [-0.2, 0) is 12.3 Å². The van der Waals surface area contributed by atoms with Gasteiger partial charge in [0, 0.05) is 17.7 Å². The van der Waals surface area contributed by atoms with Crippen LogP contribution in [0.4, 0.5) is 0 Å². The van der Waals surface area contributed by atoms with E-state index in [2.05, 4.69) is 26.9 Å². The Morgan fingerprint density at radius 2 is 1.93 bits per heavy atom. The summed E-state index contributed by atoms with van der Waals surface area (Å²) in [5, 5.41) is 13.5. The van der Waals surface area contributed by atoms with Gasteiger partial charge >= 0.3 is 0 Å². The lowest BCUT2D eigenvalue weighted by atomic mass is 10.2. The maximum Gasteiger partial charge on any atom is 0.237 e. The van der Waals surface area contributed by atoms with Crippen LogP contribution in [0.25, 0.3) is 22.8 Å². The summed E-state index contributed by atoms with van der Waals surface area (Å²) in [7, 11) is 1.63. The molecule has 2 aromatic heterocycles. The van der Waals surface area contributed by atoms with Crippen LogP contribution in [0.2, 0.25) is 0 Å². The Morgan fingerprint density at radius 1 is 1.10 bits per heavy atom. The first kappa shape index (κ1) is 18.9. The number of thioether (sulfide) groups is 1. The van der Waals surface area contributed by atoms with Gasteiger partial charge in [-0.25, -0.2) is 0 Å². The Hall–Kier alpha value is -3.39. The molecule has 4 rings (SSSR count). The minimum atomic E-state index is 0.487. The van der Waals surface area contributed by atoms with E-state index in [-0.39, 0.29) is 0 Å². The van der Waals surface area contributed by atoms with Crippen LogP contribution in [0, 0.1) is 0 Å². The van der Waals surface area contributed by atoms with Crippen LogP contribution >= 0.6 is 11.8 Å². The Morgan fingerprint density at radius 3 is 2.72 bits per heavy atom. The average molecular weight is 405 g/mol. The van der Waals surface area contributed by atoms with Crippen LogP contribution in [0.15, 0.2) is 76.9 Å². The largest absolute Gasteiger partial charge is 0.497 e. The highest BCUT2D eigenvalue weighted by Gasteiger charge is 2.16. The molecule has 0 saturated carbocycles. The van der Waals surface area contributed by atoms with E-state index in [1.807, 2.05) is 65.2 Å². The molecule has 4 aromatic rings. The van der Waals surface area contributed by atoms with Crippen LogP contribution in [0.5, 0.6) is 5.75 Å². The minimum Gasteiger partial charge on any atom is -0.497 e. The zero-order chi connectivity index (χ0) is 20.1. The molecule has 2 aromatic carbocycles. The molecule has 0 atom stereocenters. The number of allylic oxidation sites excluding steroid dienone is 1. The lowest BCUT2D eigenvalue weighted by Crippen LogP contribution is -2.00. The van der Waals surface area contributed by atoms with E-state index >= 15 is 0 Å². The molecule has 0 fully saturated rings. The van der Waals surface area contributed by atoms with Gasteiger partial charge in [0.1, 0.15) is 5.75 Å². The molecule has 146 valence electrons. The predicted octanol–water partition coefficient (Wildman–Crippen LogP) is 4.48. The number of rotatable bonds is 8. The van der Waals surface area contributed by atoms with Crippen molar-refractivity contribution in [1.29, 1.82) is 0 Å². The molecule has 0 spiro atoms. The van der Waals surface area contributed by atoms with Gasteiger partial charge in [-0.3, -0.25) is 4.57 Å². The SMILES string of the molecule is C=CCn1c(SCc2nc(-c3cccc(OC)c3)no2)nnc1-c1ccccc1. The predicted molar refractivity (Wildman–Crippen MR) is 112 cm³/mol. The van der Waals surface area contributed by atoms with Gasteiger partial charge in [0.05, 0.1) is 12.9 Å². The molecule has 0 saturated heterocycles. The lowest BCUT2D eigenvalue weighted by molar-refractivity contribution is 0.391. The molecular weight excluding hydrogens is 386 g/mol. The normalized spacial score (nSPS) is 10.8. The molecule has 0 aliphatic heterocycles. The second kappa shape index (κ2) is 8.74. The Labute approximate surface area is 172 Å². The summed E-state index contributed by atoms with van der Waals surface area (Å²) in [6.07, 6.45) is 1.83. The van der Waals surface area contributed by atoms with Crippen molar-refractivity contribution in [3.05, 3.63) is 73.1 Å². The molecule has 2 heterocycles. The number of benzene rings is 2. The van der Waals surface area contributed by atoms with Gasteiger partial charge in [-0.1, -0.05) is 65.5 Å². The lowest BCUT2D eigenvalue weighted by Gasteiger charge is -2.06. The molecule has 0 unspecified atom stereocenters. The van der Waals surface area contributed by atoms with Gasteiger partial charge in [-0.15, -0.1) is 16.8 Å². The van der Waals surface area contributed by atoms with E-state index < -0.39 is 0 Å². The van der Waals surface area contributed by atoms with Gasteiger partial charge in [0.25, 0.3) is 0 Å². The fourth-order valence-corrected chi connectivity index (χ4v) is 3.59. The molecule has 0 bridgehead atoms. The Bertz CT molecular complexity index is 1110. The van der Waals surface area contributed by atoms with E-state index in [0.717, 1.165) is 27.9 Å². The summed E-state index contributed by atoms with van der Waals surface area (Å²) in [6, 6.07) is 17.5. The summed E-state index contributed by atoms with van der Waals surface area (Å²) in [4.78, 5) is 4.48. The number of hydrogen-bond acceptors (Lipinski definition) is 7. The highest BCUT2D eigenvalue weighted by atomic mass is 32.2. The zero-order valence-corrected chi connectivity index (χ0v) is 16.7. The maximum atomic E-state index is 5.41. The van der Waals surface area contributed by atoms with Crippen molar-refractivity contribution in [2.75, 3.05) is 7.11 Å². The van der Waals surface area contributed by atoms with Gasteiger partial charge in [-0.2, -0.15) is 4.98 Å². The van der Waals surface area contributed by atoms with E-state index in [0.29, 0.717) is 24.0 Å². The van der Waals surface area contributed by atoms with Crippen molar-refractivity contribution in [2.45, 2.75) is 17.5 Å². The number of nitrogens with zero attached hydrogens (tertiary/aromatic N) is 5. The topological polar surface area (TPSA) is 78.9 Å². The fraction of sp³-hybridized carbons (Fsp3) is 0.143. The van der Waals surface area contributed by atoms with Crippen molar-refractivity contribution in [3.8, 4) is 28.5 Å². The average Bonchev–Trinajstić information content (AvgIpc) is 3.40. The maximum absolute atomic E-state index is 5.41. The quantitative estimate of drug-likeness (QED) is 0.316. The standard InChI is InChI=1S/C21H19N5O2S/c1-3-12-26-20(15-8-5-4-6-9-15)23-24-21(26)29-14-18-22-19(25-28-18)16-10-7-11-17(13-16)27-2/h3-11,13H,1,12,14H2,2H3. The molecule has 0 aliphatic rings. The molecular formula is C21H19N5O2S. The summed E-state index contributed by atoms with van der Waals surface area (Å²) in [5.41, 5.74) is 1.84. The van der Waals surface area contributed by atoms with E-state index in [1.54, 1.807) is 7.11 Å². The summed E-state index contributed by atoms with van der Waals surface area (Å²) in [5.74, 6) is 3.07. The number of aromatic nitrogens is 5. The zero-order valence-electron chi connectivity index (χ0n) is 15.9. The first-order valence-corrected chi connectivity index (χ1v) is 9.96. The number of methoxy groups -OCH3 is 1. The summed E-state index contributed by atoms with van der Waals surface area (Å²) in [6.45, 7) is 4.45. The van der Waals surface area contributed by atoms with Crippen LogP contribution in [-0.4, -0.2) is 32.0 Å². The Balaban J connectivity index is 1.52. The van der Waals surface area contributed by atoms with Crippen LogP contribution < -0.4 is 4.74 Å². The highest BCUT2D eigenvalue weighted by molar-refractivity contribution is 7.98. The van der Waals surface area contributed by atoms with Crippen LogP contribution in [0.1, 0.15) is 5.89 Å². The molecule has 0 aliphatic carbocycles. The van der Waals surface area contributed by atoms with Crippen molar-refractivity contribution < 1.29 is 9.26 Å². The summed E-state index contributed by atoms with van der Waals surface area (Å²) < 4.78 is 12.7. The minimum absolute atomic E-state index is 0.487. The third kappa shape index (κ3) is 4.22. The Kier molecular flexibility index (Phi) is 5.71. The van der Waals surface area contributed by atoms with E-state index in [9.17, 15) is 0 Å². The van der Waals surface area contributed by atoms with Crippen molar-refractivity contribution >= 4 is 11.8 Å². The van der Waals surface area contributed by atoms with Crippen LogP contribution in [0.3, 0.4) is 0 Å². The van der Waals surface area contributed by atoms with Gasteiger partial charge in [0.2, 0.25) is 11.7 Å². The first-order valence-electron chi connectivity index (χ1n) is 8.98. The van der Waals surface area contributed by atoms with Gasteiger partial charge in [-0.05, 0) is 12.1 Å². The van der Waals surface area contributed by atoms with Crippen molar-refractivity contribution in [2.24, 2.45) is 0 Å². The monoisotopic (exact) mass is 405 g/mol. The highest BCUT2D eigenvalue weighted by Crippen LogP contribution is 2.27. The van der Waals surface area contributed by atoms with Gasteiger partial charge < -0.3 is 9.26 Å². The molecule has 29 heavy (non-hydrogen) atoms. The molecule has 0 N–H and O–H groups in total. The number of hydrogen-bond donors (Lipinski definition) is 0.